The first-order chi connectivity index (χ1) is 13.6. The van der Waals surface area contributed by atoms with Crippen molar-refractivity contribution in [1.82, 2.24) is 4.90 Å². The SMILES string of the molecule is O=C(c1ccc(N2CCCC2=O)cc1)N1CCC(Cc2ccc(F)cc2)CC1. The molecule has 2 amide bonds. The van der Waals surface area contributed by atoms with Crippen molar-refractivity contribution in [2.24, 2.45) is 5.92 Å². The van der Waals surface area contributed by atoms with E-state index in [4.69, 9.17) is 0 Å². The minimum atomic E-state index is -0.204. The molecule has 0 N–H and O–H groups in total. The highest BCUT2D eigenvalue weighted by molar-refractivity contribution is 5.97. The van der Waals surface area contributed by atoms with E-state index >= 15 is 0 Å². The van der Waals surface area contributed by atoms with Crippen LogP contribution in [0.2, 0.25) is 0 Å². The summed E-state index contributed by atoms with van der Waals surface area (Å²) in [7, 11) is 0. The van der Waals surface area contributed by atoms with Crippen molar-refractivity contribution in [3.63, 3.8) is 0 Å². The number of anilines is 1. The molecule has 0 atom stereocenters. The summed E-state index contributed by atoms with van der Waals surface area (Å²) in [4.78, 5) is 28.4. The summed E-state index contributed by atoms with van der Waals surface area (Å²) >= 11 is 0. The van der Waals surface area contributed by atoms with Gasteiger partial charge in [0.05, 0.1) is 0 Å². The third-order valence-corrected chi connectivity index (χ3v) is 5.84. The number of piperidine rings is 1. The average Bonchev–Trinajstić information content (AvgIpc) is 3.16. The average molecular weight is 380 g/mol. The topological polar surface area (TPSA) is 40.6 Å². The van der Waals surface area contributed by atoms with Gasteiger partial charge in [-0.2, -0.15) is 0 Å². The Morgan fingerprint density at radius 2 is 1.64 bits per heavy atom. The first kappa shape index (κ1) is 18.7. The van der Waals surface area contributed by atoms with Gasteiger partial charge in [0.1, 0.15) is 5.82 Å². The van der Waals surface area contributed by atoms with E-state index in [0.29, 0.717) is 17.9 Å². The first-order valence-corrected chi connectivity index (χ1v) is 10.0. The lowest BCUT2D eigenvalue weighted by Crippen LogP contribution is -2.38. The van der Waals surface area contributed by atoms with Gasteiger partial charge in [-0.05, 0) is 73.6 Å². The van der Waals surface area contributed by atoms with Crippen molar-refractivity contribution in [3.05, 3.63) is 65.5 Å². The Balaban J connectivity index is 1.32. The second kappa shape index (κ2) is 8.13. The Labute approximate surface area is 164 Å². The van der Waals surface area contributed by atoms with Crippen molar-refractivity contribution < 1.29 is 14.0 Å². The first-order valence-electron chi connectivity index (χ1n) is 10.0. The van der Waals surface area contributed by atoms with Crippen LogP contribution in [0.4, 0.5) is 10.1 Å². The fourth-order valence-electron chi connectivity index (χ4n) is 4.18. The Bertz CT molecular complexity index is 840. The molecule has 2 heterocycles. The Morgan fingerprint density at radius 3 is 2.25 bits per heavy atom. The zero-order valence-corrected chi connectivity index (χ0v) is 15.9. The van der Waals surface area contributed by atoms with Gasteiger partial charge in [-0.25, -0.2) is 4.39 Å². The van der Waals surface area contributed by atoms with Crippen LogP contribution in [-0.4, -0.2) is 36.3 Å². The molecule has 2 aromatic rings. The normalized spacial score (nSPS) is 18.0. The molecule has 4 rings (SSSR count). The summed E-state index contributed by atoms with van der Waals surface area (Å²) in [5.74, 6) is 0.532. The highest BCUT2D eigenvalue weighted by Crippen LogP contribution is 2.25. The van der Waals surface area contributed by atoms with Crippen molar-refractivity contribution >= 4 is 17.5 Å². The van der Waals surface area contributed by atoms with Crippen LogP contribution in [0.15, 0.2) is 48.5 Å². The molecule has 4 nitrogen and oxygen atoms in total. The highest BCUT2D eigenvalue weighted by Gasteiger charge is 2.25. The molecule has 0 spiro atoms. The van der Waals surface area contributed by atoms with Crippen molar-refractivity contribution in [1.29, 1.82) is 0 Å². The summed E-state index contributed by atoms with van der Waals surface area (Å²) in [6.45, 7) is 2.25. The van der Waals surface area contributed by atoms with E-state index in [1.165, 1.54) is 12.1 Å². The number of benzene rings is 2. The van der Waals surface area contributed by atoms with Gasteiger partial charge in [-0.1, -0.05) is 12.1 Å². The molecule has 0 aromatic heterocycles. The second-order valence-corrected chi connectivity index (χ2v) is 7.76. The number of amides is 2. The molecule has 2 saturated heterocycles. The lowest BCUT2D eigenvalue weighted by atomic mass is 9.90. The number of carbonyl (C=O) groups is 2. The van der Waals surface area contributed by atoms with Crippen LogP contribution >= 0.6 is 0 Å². The zero-order chi connectivity index (χ0) is 19.5. The van der Waals surface area contributed by atoms with Gasteiger partial charge in [-0.3, -0.25) is 9.59 Å². The molecule has 2 fully saturated rings. The Kier molecular flexibility index (Phi) is 5.42. The van der Waals surface area contributed by atoms with Gasteiger partial charge >= 0.3 is 0 Å². The number of carbonyl (C=O) groups excluding carboxylic acids is 2. The van der Waals surface area contributed by atoms with Crippen molar-refractivity contribution in [2.45, 2.75) is 32.1 Å². The molecule has 5 heteroatoms. The predicted octanol–water partition coefficient (Wildman–Crippen LogP) is 4.05. The molecule has 0 bridgehead atoms. The standard InChI is InChI=1S/C23H25FN2O2/c24-20-7-3-17(4-8-20)16-18-11-14-25(15-12-18)23(28)19-5-9-21(10-6-19)26-13-1-2-22(26)27/h3-10,18H,1-2,11-16H2. The van der Waals surface area contributed by atoms with E-state index < -0.39 is 0 Å². The van der Waals surface area contributed by atoms with Gasteiger partial charge in [0, 0.05) is 37.3 Å². The number of nitrogens with zero attached hydrogens (tertiary/aromatic N) is 2. The van der Waals surface area contributed by atoms with Crippen LogP contribution in [0.1, 0.15) is 41.6 Å². The number of likely N-dealkylation sites (tertiary alicyclic amines) is 1. The van der Waals surface area contributed by atoms with Gasteiger partial charge in [0.25, 0.3) is 5.91 Å². The lowest BCUT2D eigenvalue weighted by molar-refractivity contribution is -0.117. The quantitative estimate of drug-likeness (QED) is 0.803. The number of hydrogen-bond donors (Lipinski definition) is 0. The molecule has 28 heavy (non-hydrogen) atoms. The number of rotatable bonds is 4. The fraction of sp³-hybridized carbons (Fsp3) is 0.391. The van der Waals surface area contributed by atoms with E-state index in [1.807, 2.05) is 41.3 Å². The van der Waals surface area contributed by atoms with E-state index in [-0.39, 0.29) is 17.6 Å². The summed E-state index contributed by atoms with van der Waals surface area (Å²) in [5.41, 5.74) is 2.70. The summed E-state index contributed by atoms with van der Waals surface area (Å²) in [6, 6.07) is 14.1. The van der Waals surface area contributed by atoms with Gasteiger partial charge in [0.15, 0.2) is 0 Å². The molecule has 0 unspecified atom stereocenters. The Morgan fingerprint density at radius 1 is 0.964 bits per heavy atom. The maximum Gasteiger partial charge on any atom is 0.253 e. The monoisotopic (exact) mass is 380 g/mol. The molecule has 146 valence electrons. The van der Waals surface area contributed by atoms with Crippen LogP contribution in [0, 0.1) is 11.7 Å². The van der Waals surface area contributed by atoms with Crippen molar-refractivity contribution in [3.8, 4) is 0 Å². The third kappa shape index (κ3) is 4.08. The van der Waals surface area contributed by atoms with Crippen LogP contribution < -0.4 is 4.90 Å². The van der Waals surface area contributed by atoms with Crippen LogP contribution in [-0.2, 0) is 11.2 Å². The fourth-order valence-corrected chi connectivity index (χ4v) is 4.18. The van der Waals surface area contributed by atoms with E-state index in [2.05, 4.69) is 0 Å². The van der Waals surface area contributed by atoms with E-state index in [1.54, 1.807) is 4.90 Å². The summed E-state index contributed by atoms with van der Waals surface area (Å²) in [6.07, 6.45) is 4.35. The molecular weight excluding hydrogens is 355 g/mol. The van der Waals surface area contributed by atoms with Gasteiger partial charge < -0.3 is 9.80 Å². The summed E-state index contributed by atoms with van der Waals surface area (Å²) < 4.78 is 13.0. The van der Waals surface area contributed by atoms with E-state index in [0.717, 1.165) is 56.6 Å². The Hall–Kier alpha value is -2.69. The van der Waals surface area contributed by atoms with Crippen LogP contribution in [0.25, 0.3) is 0 Å². The lowest BCUT2D eigenvalue weighted by Gasteiger charge is -2.32. The molecule has 2 aliphatic heterocycles. The minimum Gasteiger partial charge on any atom is -0.339 e. The van der Waals surface area contributed by atoms with Crippen molar-refractivity contribution in [2.75, 3.05) is 24.5 Å². The molecule has 0 aliphatic carbocycles. The maximum absolute atomic E-state index is 13.0. The predicted molar refractivity (Wildman–Crippen MR) is 107 cm³/mol. The molecule has 0 radical (unpaired) electrons. The van der Waals surface area contributed by atoms with Gasteiger partial charge in [0.2, 0.25) is 5.91 Å². The van der Waals surface area contributed by atoms with Crippen LogP contribution in [0.5, 0.6) is 0 Å². The number of hydrogen-bond acceptors (Lipinski definition) is 2. The second-order valence-electron chi connectivity index (χ2n) is 7.76. The molecule has 0 saturated carbocycles. The molecular formula is C23H25FN2O2. The smallest absolute Gasteiger partial charge is 0.253 e. The van der Waals surface area contributed by atoms with Gasteiger partial charge in [-0.15, -0.1) is 0 Å². The van der Waals surface area contributed by atoms with Crippen LogP contribution in [0.3, 0.4) is 0 Å². The third-order valence-electron chi connectivity index (χ3n) is 5.84. The zero-order valence-electron chi connectivity index (χ0n) is 15.9. The maximum atomic E-state index is 13.0. The minimum absolute atomic E-state index is 0.0551. The summed E-state index contributed by atoms with van der Waals surface area (Å²) in [5, 5.41) is 0. The largest absolute Gasteiger partial charge is 0.339 e. The molecule has 2 aromatic carbocycles. The highest BCUT2D eigenvalue weighted by atomic mass is 19.1. The number of halogens is 1. The van der Waals surface area contributed by atoms with E-state index in [9.17, 15) is 14.0 Å². The molecule has 2 aliphatic rings.